The molecule has 4 heteroatoms. The predicted octanol–water partition coefficient (Wildman–Crippen LogP) is 2.78. The van der Waals surface area contributed by atoms with Gasteiger partial charge in [-0.1, -0.05) is 58.2 Å². The Bertz CT molecular complexity index is 294. The minimum Gasteiger partial charge on any atom is -0.392 e. The van der Waals surface area contributed by atoms with E-state index in [-0.39, 0.29) is 5.91 Å². The molecule has 1 amide bonds. The molecule has 104 valence electrons. The van der Waals surface area contributed by atoms with Gasteiger partial charge in [-0.2, -0.15) is 0 Å². The number of carbonyl (C=O) groups excluding carboxylic acids is 1. The second-order valence-corrected chi connectivity index (χ2v) is 5.84. The predicted molar refractivity (Wildman–Crippen MR) is 79.4 cm³/mol. The summed E-state index contributed by atoms with van der Waals surface area (Å²) in [6.45, 7) is 5.06. The van der Waals surface area contributed by atoms with Crippen LogP contribution in [0.15, 0.2) is 0 Å². The SMILES string of the molecule is CCC(CC)CNC(=O)C1(C(N)=S)CCCCC1. The molecule has 1 saturated carbocycles. The number of thiocarbonyl (C=S) groups is 1. The molecule has 1 rings (SSSR count). The summed E-state index contributed by atoms with van der Waals surface area (Å²) < 4.78 is 0. The van der Waals surface area contributed by atoms with Crippen LogP contribution in [0.25, 0.3) is 0 Å². The fourth-order valence-electron chi connectivity index (χ4n) is 2.72. The summed E-state index contributed by atoms with van der Waals surface area (Å²) in [6.07, 6.45) is 7.11. The summed E-state index contributed by atoms with van der Waals surface area (Å²) in [7, 11) is 0. The van der Waals surface area contributed by atoms with E-state index in [4.69, 9.17) is 18.0 Å². The summed E-state index contributed by atoms with van der Waals surface area (Å²) in [5.41, 5.74) is 5.28. The third-order valence-corrected chi connectivity index (χ3v) is 4.71. The van der Waals surface area contributed by atoms with Gasteiger partial charge in [-0.25, -0.2) is 0 Å². The van der Waals surface area contributed by atoms with Crippen molar-refractivity contribution in [2.45, 2.75) is 58.8 Å². The van der Waals surface area contributed by atoms with Gasteiger partial charge in [0.05, 0.1) is 10.4 Å². The zero-order valence-corrected chi connectivity index (χ0v) is 12.4. The molecule has 0 aromatic carbocycles. The largest absolute Gasteiger partial charge is 0.392 e. The van der Waals surface area contributed by atoms with Crippen LogP contribution in [-0.2, 0) is 4.79 Å². The average Bonchev–Trinajstić information content (AvgIpc) is 2.40. The number of amides is 1. The Morgan fingerprint density at radius 1 is 1.28 bits per heavy atom. The van der Waals surface area contributed by atoms with Gasteiger partial charge in [0.2, 0.25) is 5.91 Å². The highest BCUT2D eigenvalue weighted by atomic mass is 32.1. The van der Waals surface area contributed by atoms with Gasteiger partial charge in [0.25, 0.3) is 0 Å². The monoisotopic (exact) mass is 270 g/mol. The first-order valence-corrected chi connectivity index (χ1v) is 7.55. The van der Waals surface area contributed by atoms with Crippen LogP contribution >= 0.6 is 12.2 Å². The number of hydrogen-bond donors (Lipinski definition) is 2. The Balaban J connectivity index is 2.63. The Kier molecular flexibility index (Phi) is 6.06. The summed E-state index contributed by atoms with van der Waals surface area (Å²) >= 11 is 5.16. The molecule has 0 atom stereocenters. The van der Waals surface area contributed by atoms with Gasteiger partial charge in [0.15, 0.2) is 0 Å². The van der Waals surface area contributed by atoms with Crippen LogP contribution in [-0.4, -0.2) is 17.4 Å². The molecule has 0 radical (unpaired) electrons. The van der Waals surface area contributed by atoms with Gasteiger partial charge in [-0.15, -0.1) is 0 Å². The van der Waals surface area contributed by atoms with Gasteiger partial charge >= 0.3 is 0 Å². The van der Waals surface area contributed by atoms with Crippen LogP contribution in [0.1, 0.15) is 58.8 Å². The zero-order valence-electron chi connectivity index (χ0n) is 11.6. The lowest BCUT2D eigenvalue weighted by Crippen LogP contribution is -2.50. The molecule has 0 aromatic rings. The van der Waals surface area contributed by atoms with Crippen molar-refractivity contribution in [1.29, 1.82) is 0 Å². The highest BCUT2D eigenvalue weighted by Gasteiger charge is 2.42. The van der Waals surface area contributed by atoms with E-state index in [1.165, 1.54) is 6.42 Å². The molecule has 0 aliphatic heterocycles. The fraction of sp³-hybridized carbons (Fsp3) is 0.857. The van der Waals surface area contributed by atoms with Crippen molar-refractivity contribution in [3.63, 3.8) is 0 Å². The van der Waals surface area contributed by atoms with E-state index >= 15 is 0 Å². The molecular weight excluding hydrogens is 244 g/mol. The Labute approximate surface area is 116 Å². The van der Waals surface area contributed by atoms with Gasteiger partial charge in [-0.3, -0.25) is 4.79 Å². The van der Waals surface area contributed by atoms with Crippen molar-refractivity contribution in [3.8, 4) is 0 Å². The minimum absolute atomic E-state index is 0.0570. The third kappa shape index (κ3) is 3.44. The Hall–Kier alpha value is -0.640. The summed E-state index contributed by atoms with van der Waals surface area (Å²) in [6, 6.07) is 0. The molecule has 3 N–H and O–H groups in total. The quantitative estimate of drug-likeness (QED) is 0.730. The molecule has 0 saturated heterocycles. The van der Waals surface area contributed by atoms with E-state index in [0.29, 0.717) is 10.9 Å². The van der Waals surface area contributed by atoms with Crippen molar-refractivity contribution in [1.82, 2.24) is 5.32 Å². The van der Waals surface area contributed by atoms with E-state index in [1.807, 2.05) is 0 Å². The zero-order chi connectivity index (χ0) is 13.6. The van der Waals surface area contributed by atoms with E-state index in [9.17, 15) is 4.79 Å². The summed E-state index contributed by atoms with van der Waals surface area (Å²) in [4.78, 5) is 12.8. The average molecular weight is 270 g/mol. The maximum Gasteiger partial charge on any atom is 0.233 e. The number of carbonyl (C=O) groups is 1. The standard InChI is InChI=1S/C14H26N2OS/c1-3-11(4-2)10-16-13(17)14(12(15)18)8-6-5-7-9-14/h11H,3-10H2,1-2H3,(H2,15,18)(H,16,17). The number of hydrogen-bond acceptors (Lipinski definition) is 2. The van der Waals surface area contributed by atoms with Gasteiger partial charge in [0.1, 0.15) is 0 Å². The van der Waals surface area contributed by atoms with Gasteiger partial charge in [-0.05, 0) is 18.8 Å². The lowest BCUT2D eigenvalue weighted by Gasteiger charge is -2.35. The highest BCUT2D eigenvalue weighted by molar-refractivity contribution is 7.80. The van der Waals surface area contributed by atoms with Crippen LogP contribution in [0.2, 0.25) is 0 Å². The molecule has 0 unspecified atom stereocenters. The van der Waals surface area contributed by atoms with Crippen molar-refractivity contribution >= 4 is 23.1 Å². The van der Waals surface area contributed by atoms with E-state index in [1.54, 1.807) is 0 Å². The molecule has 1 aliphatic carbocycles. The fourth-order valence-corrected chi connectivity index (χ4v) is 3.02. The second kappa shape index (κ2) is 7.07. The lowest BCUT2D eigenvalue weighted by molar-refractivity contribution is -0.129. The van der Waals surface area contributed by atoms with Gasteiger partial charge < -0.3 is 11.1 Å². The molecule has 1 fully saturated rings. The third-order valence-electron chi connectivity index (χ3n) is 4.32. The van der Waals surface area contributed by atoms with E-state index in [2.05, 4.69) is 19.2 Å². The highest BCUT2D eigenvalue weighted by Crippen LogP contribution is 2.37. The summed E-state index contributed by atoms with van der Waals surface area (Å²) in [5, 5.41) is 3.07. The second-order valence-electron chi connectivity index (χ2n) is 5.40. The number of nitrogens with one attached hydrogen (secondary N) is 1. The molecule has 0 spiro atoms. The first-order valence-electron chi connectivity index (χ1n) is 7.15. The van der Waals surface area contributed by atoms with E-state index in [0.717, 1.165) is 45.1 Å². The molecular formula is C14H26N2OS. The Morgan fingerprint density at radius 3 is 2.28 bits per heavy atom. The van der Waals surface area contributed by atoms with Crippen molar-refractivity contribution in [3.05, 3.63) is 0 Å². The number of rotatable bonds is 6. The lowest BCUT2D eigenvalue weighted by atomic mass is 9.73. The minimum atomic E-state index is -0.570. The molecule has 0 heterocycles. The van der Waals surface area contributed by atoms with Crippen molar-refractivity contribution in [2.75, 3.05) is 6.54 Å². The Morgan fingerprint density at radius 2 is 1.83 bits per heavy atom. The van der Waals surface area contributed by atoms with E-state index < -0.39 is 5.41 Å². The van der Waals surface area contributed by atoms with Crippen molar-refractivity contribution < 1.29 is 4.79 Å². The molecule has 3 nitrogen and oxygen atoms in total. The summed E-state index contributed by atoms with van der Waals surface area (Å²) in [5.74, 6) is 0.613. The molecule has 1 aliphatic rings. The molecule has 0 aromatic heterocycles. The first-order chi connectivity index (χ1) is 8.56. The van der Waals surface area contributed by atoms with Gasteiger partial charge in [0, 0.05) is 6.54 Å². The topological polar surface area (TPSA) is 55.1 Å². The molecule has 0 bridgehead atoms. The molecule has 18 heavy (non-hydrogen) atoms. The van der Waals surface area contributed by atoms with Crippen LogP contribution in [0.4, 0.5) is 0 Å². The van der Waals surface area contributed by atoms with Crippen LogP contribution in [0.5, 0.6) is 0 Å². The first kappa shape index (κ1) is 15.4. The maximum atomic E-state index is 12.4. The van der Waals surface area contributed by atoms with Crippen LogP contribution in [0.3, 0.4) is 0 Å². The normalized spacial score (nSPS) is 18.6. The number of nitrogens with two attached hydrogens (primary N) is 1. The van der Waals surface area contributed by atoms with Crippen LogP contribution < -0.4 is 11.1 Å². The van der Waals surface area contributed by atoms with Crippen molar-refractivity contribution in [2.24, 2.45) is 17.1 Å². The smallest absolute Gasteiger partial charge is 0.233 e. The maximum absolute atomic E-state index is 12.4. The van der Waals surface area contributed by atoms with Crippen LogP contribution in [0, 0.1) is 11.3 Å².